The van der Waals surface area contributed by atoms with Crippen LogP contribution in [0, 0.1) is 5.82 Å². The van der Waals surface area contributed by atoms with E-state index >= 15 is 0 Å². The first-order valence-corrected chi connectivity index (χ1v) is 6.18. The van der Waals surface area contributed by atoms with Crippen LogP contribution < -0.4 is 0 Å². The van der Waals surface area contributed by atoms with Crippen molar-refractivity contribution in [2.24, 2.45) is 0 Å². The Bertz CT molecular complexity index is 491. The number of amides is 1. The number of nitrogens with zero attached hydrogens (tertiary/aromatic N) is 1. The summed E-state index contributed by atoms with van der Waals surface area (Å²) in [7, 11) is 0. The Morgan fingerprint density at radius 3 is 2.53 bits per heavy atom. The molecule has 1 amide bonds. The van der Waals surface area contributed by atoms with Gasteiger partial charge >= 0.3 is 5.97 Å². The molecular formula is C13H15ClFNO3. The number of benzene rings is 1. The SMILES string of the molecule is CC(C)N(CCC(=O)O)C(=O)c1ccc(F)cc1Cl. The number of aliphatic carboxylic acids is 1. The lowest BCUT2D eigenvalue weighted by Crippen LogP contribution is -2.38. The molecule has 0 saturated carbocycles. The molecule has 0 aliphatic heterocycles. The highest BCUT2D eigenvalue weighted by molar-refractivity contribution is 6.33. The van der Waals surface area contributed by atoms with E-state index in [0.29, 0.717) is 0 Å². The molecule has 0 radical (unpaired) electrons. The van der Waals surface area contributed by atoms with Crippen molar-refractivity contribution in [1.29, 1.82) is 0 Å². The Kier molecular flexibility index (Phi) is 5.30. The number of carboxylic acid groups (broad SMARTS) is 1. The molecule has 104 valence electrons. The van der Waals surface area contributed by atoms with E-state index in [9.17, 15) is 14.0 Å². The predicted octanol–water partition coefficient (Wildman–Crippen LogP) is 2.80. The summed E-state index contributed by atoms with van der Waals surface area (Å²) in [5.74, 6) is -1.91. The van der Waals surface area contributed by atoms with Crippen LogP contribution in [0.25, 0.3) is 0 Å². The first-order chi connectivity index (χ1) is 8.82. The quantitative estimate of drug-likeness (QED) is 0.906. The fourth-order valence-corrected chi connectivity index (χ4v) is 1.88. The number of rotatable bonds is 5. The highest BCUT2D eigenvalue weighted by Gasteiger charge is 2.21. The first kappa shape index (κ1) is 15.4. The second kappa shape index (κ2) is 6.52. The summed E-state index contributed by atoms with van der Waals surface area (Å²) in [5.41, 5.74) is 0.169. The summed E-state index contributed by atoms with van der Waals surface area (Å²) in [5, 5.41) is 8.69. The second-order valence-electron chi connectivity index (χ2n) is 4.36. The third kappa shape index (κ3) is 4.21. The van der Waals surface area contributed by atoms with Crippen molar-refractivity contribution >= 4 is 23.5 Å². The lowest BCUT2D eigenvalue weighted by Gasteiger charge is -2.26. The lowest BCUT2D eigenvalue weighted by atomic mass is 10.1. The van der Waals surface area contributed by atoms with E-state index in [2.05, 4.69) is 0 Å². The minimum atomic E-state index is -0.983. The molecule has 0 bridgehead atoms. The molecule has 0 atom stereocenters. The van der Waals surface area contributed by atoms with E-state index in [4.69, 9.17) is 16.7 Å². The Labute approximate surface area is 115 Å². The topological polar surface area (TPSA) is 57.6 Å². The van der Waals surface area contributed by atoms with Crippen molar-refractivity contribution in [3.05, 3.63) is 34.6 Å². The molecule has 1 aromatic carbocycles. The molecule has 0 aliphatic carbocycles. The van der Waals surface area contributed by atoms with Crippen molar-refractivity contribution in [3.63, 3.8) is 0 Å². The summed E-state index contributed by atoms with van der Waals surface area (Å²) in [4.78, 5) is 24.2. The van der Waals surface area contributed by atoms with E-state index in [-0.39, 0.29) is 29.6 Å². The van der Waals surface area contributed by atoms with Crippen LogP contribution in [0.5, 0.6) is 0 Å². The third-order valence-electron chi connectivity index (χ3n) is 2.61. The van der Waals surface area contributed by atoms with Crippen LogP contribution in [0.15, 0.2) is 18.2 Å². The summed E-state index contributed by atoms with van der Waals surface area (Å²) >= 11 is 5.83. The fraction of sp³-hybridized carbons (Fsp3) is 0.385. The van der Waals surface area contributed by atoms with Crippen LogP contribution in [0.1, 0.15) is 30.6 Å². The van der Waals surface area contributed by atoms with Crippen molar-refractivity contribution in [3.8, 4) is 0 Å². The zero-order chi connectivity index (χ0) is 14.6. The Morgan fingerprint density at radius 1 is 1.42 bits per heavy atom. The van der Waals surface area contributed by atoms with Gasteiger partial charge in [-0.2, -0.15) is 0 Å². The van der Waals surface area contributed by atoms with Gasteiger partial charge in [-0.1, -0.05) is 11.6 Å². The van der Waals surface area contributed by atoms with Gasteiger partial charge in [0.25, 0.3) is 5.91 Å². The Hall–Kier alpha value is -1.62. The van der Waals surface area contributed by atoms with Gasteiger partial charge in [0, 0.05) is 12.6 Å². The van der Waals surface area contributed by atoms with Crippen LogP contribution in [0.2, 0.25) is 5.02 Å². The van der Waals surface area contributed by atoms with Gasteiger partial charge in [-0.25, -0.2) is 4.39 Å². The zero-order valence-corrected chi connectivity index (χ0v) is 11.4. The molecule has 0 aliphatic rings. The Morgan fingerprint density at radius 2 is 2.05 bits per heavy atom. The van der Waals surface area contributed by atoms with Gasteiger partial charge in [-0.3, -0.25) is 9.59 Å². The number of hydrogen-bond acceptors (Lipinski definition) is 2. The highest BCUT2D eigenvalue weighted by atomic mass is 35.5. The highest BCUT2D eigenvalue weighted by Crippen LogP contribution is 2.20. The number of carbonyl (C=O) groups is 2. The van der Waals surface area contributed by atoms with Gasteiger partial charge in [0.1, 0.15) is 5.82 Å². The van der Waals surface area contributed by atoms with Gasteiger partial charge in [0.05, 0.1) is 17.0 Å². The molecule has 1 aromatic rings. The molecular weight excluding hydrogens is 273 g/mol. The normalized spacial score (nSPS) is 10.6. The minimum Gasteiger partial charge on any atom is -0.481 e. The molecule has 0 unspecified atom stereocenters. The van der Waals surface area contributed by atoms with E-state index in [0.717, 1.165) is 12.1 Å². The molecule has 1 rings (SSSR count). The number of carbonyl (C=O) groups excluding carboxylic acids is 1. The summed E-state index contributed by atoms with van der Waals surface area (Å²) in [6, 6.07) is 3.34. The van der Waals surface area contributed by atoms with Crippen LogP contribution in [-0.2, 0) is 4.79 Å². The summed E-state index contributed by atoms with van der Waals surface area (Å²) in [6.07, 6.45) is -0.150. The fourth-order valence-electron chi connectivity index (χ4n) is 1.63. The van der Waals surface area contributed by atoms with Crippen molar-refractivity contribution in [2.45, 2.75) is 26.3 Å². The van der Waals surface area contributed by atoms with Crippen LogP contribution >= 0.6 is 11.6 Å². The van der Waals surface area contributed by atoms with Gasteiger partial charge in [-0.05, 0) is 32.0 Å². The second-order valence-corrected chi connectivity index (χ2v) is 4.77. The summed E-state index contributed by atoms with van der Waals surface area (Å²) < 4.78 is 12.9. The van der Waals surface area contributed by atoms with Gasteiger partial charge < -0.3 is 10.0 Å². The predicted molar refractivity (Wildman–Crippen MR) is 69.8 cm³/mol. The molecule has 0 aromatic heterocycles. The largest absolute Gasteiger partial charge is 0.481 e. The maximum Gasteiger partial charge on any atom is 0.305 e. The molecule has 6 heteroatoms. The Balaban J connectivity index is 2.95. The van der Waals surface area contributed by atoms with Gasteiger partial charge in [0.2, 0.25) is 0 Å². The standard InChI is InChI=1S/C13H15ClFNO3/c1-8(2)16(6-5-12(17)18)13(19)10-4-3-9(15)7-11(10)14/h3-4,7-8H,5-6H2,1-2H3,(H,17,18). The minimum absolute atomic E-state index is 0.0194. The number of halogens is 2. The lowest BCUT2D eigenvalue weighted by molar-refractivity contribution is -0.137. The average molecular weight is 288 g/mol. The van der Waals surface area contributed by atoms with E-state index in [1.165, 1.54) is 11.0 Å². The van der Waals surface area contributed by atoms with Gasteiger partial charge in [-0.15, -0.1) is 0 Å². The maximum atomic E-state index is 12.9. The molecule has 0 heterocycles. The molecule has 19 heavy (non-hydrogen) atoms. The molecule has 0 spiro atoms. The van der Waals surface area contributed by atoms with E-state index < -0.39 is 17.7 Å². The summed E-state index contributed by atoms with van der Waals surface area (Å²) in [6.45, 7) is 3.63. The molecule has 4 nitrogen and oxygen atoms in total. The van der Waals surface area contributed by atoms with Crippen LogP contribution in [0.4, 0.5) is 4.39 Å². The van der Waals surface area contributed by atoms with E-state index in [1.54, 1.807) is 13.8 Å². The smallest absolute Gasteiger partial charge is 0.305 e. The van der Waals surface area contributed by atoms with Crippen LogP contribution in [-0.4, -0.2) is 34.5 Å². The number of carboxylic acids is 1. The van der Waals surface area contributed by atoms with E-state index in [1.807, 2.05) is 0 Å². The van der Waals surface area contributed by atoms with Crippen LogP contribution in [0.3, 0.4) is 0 Å². The average Bonchev–Trinajstić information content (AvgIpc) is 2.27. The molecule has 0 saturated heterocycles. The first-order valence-electron chi connectivity index (χ1n) is 5.80. The number of hydrogen-bond donors (Lipinski definition) is 1. The maximum absolute atomic E-state index is 12.9. The molecule has 1 N–H and O–H groups in total. The van der Waals surface area contributed by atoms with Gasteiger partial charge in [0.15, 0.2) is 0 Å². The monoisotopic (exact) mass is 287 g/mol. The van der Waals surface area contributed by atoms with Crippen molar-refractivity contribution in [1.82, 2.24) is 4.90 Å². The molecule has 0 fully saturated rings. The zero-order valence-electron chi connectivity index (χ0n) is 10.7. The third-order valence-corrected chi connectivity index (χ3v) is 2.93. The van der Waals surface area contributed by atoms with Crippen molar-refractivity contribution in [2.75, 3.05) is 6.54 Å². The van der Waals surface area contributed by atoms with Crippen molar-refractivity contribution < 1.29 is 19.1 Å².